The Kier molecular flexibility index (Phi) is 9.70. The van der Waals surface area contributed by atoms with Gasteiger partial charge < -0.3 is 38.3 Å². The Morgan fingerprint density at radius 3 is 2.05 bits per heavy atom. The lowest BCUT2D eigenvalue weighted by molar-refractivity contribution is -0.231. The van der Waals surface area contributed by atoms with Crippen molar-refractivity contribution in [2.75, 3.05) is 13.7 Å². The molecule has 0 aromatic heterocycles. The zero-order valence-electron chi connectivity index (χ0n) is 20.8. The SMILES string of the molecule is CC1(C)OC(=O)CC(=O)O1.COc1ccc2c(c1)COB2O.O=COCCc1ccc2c(c1)COB2O. The molecule has 0 aliphatic carbocycles. The summed E-state index contributed by atoms with van der Waals surface area (Å²) < 4.78 is 29.1. The number of ether oxygens (including phenoxy) is 4. The van der Waals surface area contributed by atoms with Crippen molar-refractivity contribution in [1.29, 1.82) is 0 Å². The molecule has 1 saturated heterocycles. The third-order valence-corrected chi connectivity index (χ3v) is 5.47. The highest BCUT2D eigenvalue weighted by Crippen LogP contribution is 2.18. The molecule has 0 radical (unpaired) electrons. The van der Waals surface area contributed by atoms with Gasteiger partial charge in [-0.25, -0.2) is 0 Å². The van der Waals surface area contributed by atoms with E-state index in [4.69, 9.17) is 14.0 Å². The number of methoxy groups -OCH3 is 1. The molecule has 196 valence electrons. The minimum Gasteiger partial charge on any atom is -0.497 e. The average molecular weight is 514 g/mol. The molecule has 11 nitrogen and oxygen atoms in total. The molecule has 2 aromatic rings. The Morgan fingerprint density at radius 2 is 1.51 bits per heavy atom. The normalized spacial score (nSPS) is 16.7. The van der Waals surface area contributed by atoms with Gasteiger partial charge >= 0.3 is 26.2 Å². The first-order valence-corrected chi connectivity index (χ1v) is 11.5. The van der Waals surface area contributed by atoms with Crippen molar-refractivity contribution in [2.45, 2.75) is 45.7 Å². The van der Waals surface area contributed by atoms with E-state index in [2.05, 4.69) is 14.2 Å². The Bertz CT molecular complexity index is 1100. The molecule has 3 heterocycles. The molecule has 1 fully saturated rings. The maximum absolute atomic E-state index is 10.6. The van der Waals surface area contributed by atoms with Gasteiger partial charge in [-0.3, -0.25) is 14.4 Å². The molecule has 5 rings (SSSR count). The quantitative estimate of drug-likeness (QED) is 0.179. The smallest absolute Gasteiger partial charge is 0.491 e. The van der Waals surface area contributed by atoms with Crippen LogP contribution >= 0.6 is 0 Å². The lowest BCUT2D eigenvalue weighted by atomic mass is 9.79. The molecule has 0 amide bonds. The lowest BCUT2D eigenvalue weighted by Crippen LogP contribution is -2.39. The molecule has 2 aromatic carbocycles. The van der Waals surface area contributed by atoms with Crippen LogP contribution in [0.5, 0.6) is 5.75 Å². The van der Waals surface area contributed by atoms with Crippen LogP contribution in [0.4, 0.5) is 0 Å². The third kappa shape index (κ3) is 8.05. The standard InChI is InChI=1S/C10H11BO4.C8H9BO3.C6H8O4/c12-7-14-4-3-8-1-2-10-9(5-8)6-15-11(10)13;1-11-7-2-3-8-6(4-7)5-12-9(8)10;1-6(2)9-4(7)3-5(8)10-6/h1-2,5,7,13H,3-4,6H2;2-4,10H,5H2,1H3;3H2,1-2H3. The summed E-state index contributed by atoms with van der Waals surface area (Å²) >= 11 is 0. The van der Waals surface area contributed by atoms with Crippen molar-refractivity contribution < 1.29 is 52.7 Å². The summed E-state index contributed by atoms with van der Waals surface area (Å²) in [7, 11) is 0.0692. The highest BCUT2D eigenvalue weighted by molar-refractivity contribution is 6.61. The van der Waals surface area contributed by atoms with E-state index >= 15 is 0 Å². The maximum atomic E-state index is 10.6. The monoisotopic (exact) mass is 514 g/mol. The van der Waals surface area contributed by atoms with Crippen LogP contribution in [-0.4, -0.2) is 62.2 Å². The fraction of sp³-hybridized carbons (Fsp3) is 0.375. The summed E-state index contributed by atoms with van der Waals surface area (Å²) in [5, 5.41) is 18.7. The van der Waals surface area contributed by atoms with E-state index in [9.17, 15) is 24.4 Å². The number of cyclic esters (lactones) is 2. The Labute approximate surface area is 214 Å². The van der Waals surface area contributed by atoms with Gasteiger partial charge in [0.15, 0.2) is 0 Å². The number of fused-ring (bicyclic) bond motifs is 2. The van der Waals surface area contributed by atoms with Crippen molar-refractivity contribution >= 4 is 43.6 Å². The van der Waals surface area contributed by atoms with Crippen molar-refractivity contribution in [3.05, 3.63) is 53.1 Å². The number of carbonyl (C=O) groups is 3. The first kappa shape index (κ1) is 28.2. The molecule has 0 atom stereocenters. The second-order valence-corrected chi connectivity index (χ2v) is 8.67. The van der Waals surface area contributed by atoms with Crippen LogP contribution < -0.4 is 15.7 Å². The number of hydrogen-bond acceptors (Lipinski definition) is 11. The van der Waals surface area contributed by atoms with Crippen LogP contribution in [0.15, 0.2) is 36.4 Å². The molecule has 3 aliphatic rings. The molecule has 0 bridgehead atoms. The van der Waals surface area contributed by atoms with Crippen LogP contribution in [0.3, 0.4) is 0 Å². The van der Waals surface area contributed by atoms with E-state index in [1.165, 1.54) is 13.8 Å². The summed E-state index contributed by atoms with van der Waals surface area (Å²) in [5.41, 5.74) is 4.76. The zero-order valence-corrected chi connectivity index (χ0v) is 20.8. The van der Waals surface area contributed by atoms with Gasteiger partial charge in [-0.15, -0.1) is 0 Å². The molecule has 0 saturated carbocycles. The molecular weight excluding hydrogens is 486 g/mol. The van der Waals surface area contributed by atoms with E-state index in [0.29, 0.717) is 32.7 Å². The van der Waals surface area contributed by atoms with Crippen molar-refractivity contribution in [2.24, 2.45) is 0 Å². The lowest BCUT2D eigenvalue weighted by Gasteiger charge is -2.28. The topological polar surface area (TPSA) is 147 Å². The number of carbonyl (C=O) groups excluding carboxylic acids is 3. The second kappa shape index (κ2) is 12.7. The van der Waals surface area contributed by atoms with Crippen LogP contribution in [0.1, 0.15) is 37.0 Å². The van der Waals surface area contributed by atoms with Gasteiger partial charge in [0.2, 0.25) is 0 Å². The number of rotatable bonds is 5. The van der Waals surface area contributed by atoms with Gasteiger partial charge in [0.25, 0.3) is 12.3 Å². The highest BCUT2D eigenvalue weighted by atomic mass is 16.7. The van der Waals surface area contributed by atoms with Crippen LogP contribution in [0, 0.1) is 0 Å². The predicted molar refractivity (Wildman–Crippen MR) is 131 cm³/mol. The number of hydrogen-bond donors (Lipinski definition) is 2. The van der Waals surface area contributed by atoms with Crippen molar-refractivity contribution in [1.82, 2.24) is 0 Å². The minimum atomic E-state index is -1.08. The van der Waals surface area contributed by atoms with E-state index in [1.54, 1.807) is 7.11 Å². The summed E-state index contributed by atoms with van der Waals surface area (Å²) in [6.45, 7) is 4.77. The first-order valence-electron chi connectivity index (χ1n) is 11.5. The predicted octanol–water partition coefficient (Wildman–Crippen LogP) is -0.255. The Balaban J connectivity index is 0.000000158. The fourth-order valence-corrected chi connectivity index (χ4v) is 3.76. The Hall–Kier alpha value is -3.38. The molecule has 13 heteroatoms. The average Bonchev–Trinajstić information content (AvgIpc) is 3.40. The van der Waals surface area contributed by atoms with Gasteiger partial charge in [0.1, 0.15) is 12.2 Å². The van der Waals surface area contributed by atoms with E-state index in [0.717, 1.165) is 33.4 Å². The highest BCUT2D eigenvalue weighted by Gasteiger charge is 2.34. The van der Waals surface area contributed by atoms with Gasteiger partial charge in [-0.1, -0.05) is 24.3 Å². The summed E-state index contributed by atoms with van der Waals surface area (Å²) in [6.07, 6.45) is 0.408. The van der Waals surface area contributed by atoms with E-state index < -0.39 is 32.0 Å². The van der Waals surface area contributed by atoms with Crippen LogP contribution in [-0.2, 0) is 57.5 Å². The van der Waals surface area contributed by atoms with Crippen LogP contribution in [0.25, 0.3) is 0 Å². The largest absolute Gasteiger partial charge is 0.497 e. The number of esters is 2. The van der Waals surface area contributed by atoms with Gasteiger partial charge in [-0.2, -0.15) is 0 Å². The number of benzene rings is 2. The second-order valence-electron chi connectivity index (χ2n) is 8.67. The first-order chi connectivity index (χ1) is 17.6. The molecular formula is C24H28B2O11. The summed E-state index contributed by atoms with van der Waals surface area (Å²) in [4.78, 5) is 31.1. The Morgan fingerprint density at radius 1 is 0.946 bits per heavy atom. The molecule has 0 spiro atoms. The summed E-state index contributed by atoms with van der Waals surface area (Å²) in [5.74, 6) is -1.33. The van der Waals surface area contributed by atoms with Crippen molar-refractivity contribution in [3.8, 4) is 5.75 Å². The summed E-state index contributed by atoms with van der Waals surface area (Å²) in [6, 6.07) is 11.3. The molecule has 37 heavy (non-hydrogen) atoms. The van der Waals surface area contributed by atoms with E-state index in [-0.39, 0.29) is 6.42 Å². The third-order valence-electron chi connectivity index (χ3n) is 5.47. The molecule has 3 aliphatic heterocycles. The van der Waals surface area contributed by atoms with Gasteiger partial charge in [0.05, 0.1) is 26.9 Å². The fourth-order valence-electron chi connectivity index (χ4n) is 3.76. The molecule has 0 unspecified atom stereocenters. The van der Waals surface area contributed by atoms with E-state index in [1.807, 2.05) is 36.4 Å². The maximum Gasteiger partial charge on any atom is 0.491 e. The van der Waals surface area contributed by atoms with Crippen LogP contribution in [0.2, 0.25) is 0 Å². The minimum absolute atomic E-state index is 0.274. The van der Waals surface area contributed by atoms with Gasteiger partial charge in [0, 0.05) is 20.3 Å². The molecule has 2 N–H and O–H groups in total. The van der Waals surface area contributed by atoms with Crippen molar-refractivity contribution in [3.63, 3.8) is 0 Å². The van der Waals surface area contributed by atoms with Gasteiger partial charge in [-0.05, 0) is 39.7 Å². The zero-order chi connectivity index (χ0) is 27.0.